The Hall–Kier alpha value is -2.42. The van der Waals surface area contributed by atoms with Crippen LogP contribution in [0.4, 0.5) is 0 Å². The molecule has 2 aromatic carbocycles. The van der Waals surface area contributed by atoms with Gasteiger partial charge in [0.05, 0.1) is 6.21 Å². The van der Waals surface area contributed by atoms with E-state index in [1.165, 1.54) is 16.7 Å². The van der Waals surface area contributed by atoms with Gasteiger partial charge in [-0.2, -0.15) is 5.10 Å². The topological polar surface area (TPSA) is 41.5 Å². The summed E-state index contributed by atoms with van der Waals surface area (Å²) in [6, 6.07) is 16.7. The summed E-state index contributed by atoms with van der Waals surface area (Å²) in [4.78, 5) is 12.2. The number of nitrogens with zero attached hydrogens (tertiary/aromatic N) is 1. The quantitative estimate of drug-likeness (QED) is 0.647. The SMILES string of the molecule is Cc1ccc(C=NNC(=O)[C@H]2C[C@@H]2c2ccc(C(C)(C)C)cc2)cc1. The van der Waals surface area contributed by atoms with Gasteiger partial charge in [0.2, 0.25) is 5.91 Å². The summed E-state index contributed by atoms with van der Waals surface area (Å²) in [7, 11) is 0. The second-order valence-corrected chi connectivity index (χ2v) is 7.97. The number of rotatable bonds is 4. The van der Waals surface area contributed by atoms with Crippen LogP contribution >= 0.6 is 0 Å². The molecule has 0 aliphatic heterocycles. The summed E-state index contributed by atoms with van der Waals surface area (Å²) in [6.07, 6.45) is 2.59. The van der Waals surface area contributed by atoms with E-state index in [4.69, 9.17) is 0 Å². The summed E-state index contributed by atoms with van der Waals surface area (Å²) in [6.45, 7) is 8.67. The van der Waals surface area contributed by atoms with Crippen molar-refractivity contribution in [1.82, 2.24) is 5.43 Å². The number of carbonyl (C=O) groups is 1. The van der Waals surface area contributed by atoms with E-state index < -0.39 is 0 Å². The van der Waals surface area contributed by atoms with Crippen molar-refractivity contribution in [3.63, 3.8) is 0 Å². The van der Waals surface area contributed by atoms with Crippen LogP contribution in [0.2, 0.25) is 0 Å². The molecule has 2 aromatic rings. The number of nitrogens with one attached hydrogen (secondary N) is 1. The first-order valence-electron chi connectivity index (χ1n) is 8.84. The largest absolute Gasteiger partial charge is 0.273 e. The Labute approximate surface area is 150 Å². The van der Waals surface area contributed by atoms with Crippen molar-refractivity contribution in [2.24, 2.45) is 11.0 Å². The van der Waals surface area contributed by atoms with Crippen molar-refractivity contribution in [2.75, 3.05) is 0 Å². The summed E-state index contributed by atoms with van der Waals surface area (Å²) in [5.41, 5.74) is 7.59. The van der Waals surface area contributed by atoms with E-state index >= 15 is 0 Å². The van der Waals surface area contributed by atoms with E-state index in [2.05, 4.69) is 55.6 Å². The fraction of sp³-hybridized carbons (Fsp3) is 0.364. The maximum atomic E-state index is 12.2. The molecule has 0 unspecified atom stereocenters. The first-order chi connectivity index (χ1) is 11.8. The zero-order chi connectivity index (χ0) is 18.0. The van der Waals surface area contributed by atoms with Gasteiger partial charge in [-0.15, -0.1) is 0 Å². The van der Waals surface area contributed by atoms with Crippen molar-refractivity contribution in [3.8, 4) is 0 Å². The van der Waals surface area contributed by atoms with Crippen LogP contribution in [-0.4, -0.2) is 12.1 Å². The summed E-state index contributed by atoms with van der Waals surface area (Å²) in [5.74, 6) is 0.368. The Bertz CT molecular complexity index is 767. The molecule has 0 bridgehead atoms. The predicted molar refractivity (Wildman–Crippen MR) is 103 cm³/mol. The summed E-state index contributed by atoms with van der Waals surface area (Å²) >= 11 is 0. The van der Waals surface area contributed by atoms with Crippen LogP contribution in [0.25, 0.3) is 0 Å². The molecule has 0 heterocycles. The molecule has 1 aliphatic carbocycles. The molecule has 0 spiro atoms. The zero-order valence-electron chi connectivity index (χ0n) is 15.4. The van der Waals surface area contributed by atoms with Crippen LogP contribution in [0, 0.1) is 12.8 Å². The van der Waals surface area contributed by atoms with E-state index in [-0.39, 0.29) is 17.2 Å². The number of aryl methyl sites for hydroxylation is 1. The van der Waals surface area contributed by atoms with E-state index in [0.717, 1.165) is 12.0 Å². The molecule has 1 aliphatic rings. The third-order valence-electron chi connectivity index (χ3n) is 4.80. The fourth-order valence-electron chi connectivity index (χ4n) is 2.99. The van der Waals surface area contributed by atoms with Crippen LogP contribution in [0.1, 0.15) is 55.4 Å². The van der Waals surface area contributed by atoms with Crippen LogP contribution in [-0.2, 0) is 10.2 Å². The predicted octanol–water partition coefficient (Wildman–Crippen LogP) is 4.55. The summed E-state index contributed by atoms with van der Waals surface area (Å²) in [5, 5.41) is 4.08. The maximum absolute atomic E-state index is 12.2. The maximum Gasteiger partial charge on any atom is 0.243 e. The number of hydrogen-bond donors (Lipinski definition) is 1. The van der Waals surface area contributed by atoms with Gasteiger partial charge in [0.1, 0.15) is 0 Å². The third-order valence-corrected chi connectivity index (χ3v) is 4.80. The van der Waals surface area contributed by atoms with E-state index in [1.807, 2.05) is 31.2 Å². The molecule has 0 saturated heterocycles. The highest BCUT2D eigenvalue weighted by atomic mass is 16.2. The third kappa shape index (κ3) is 4.36. The number of hydrazone groups is 1. The fourth-order valence-corrected chi connectivity index (χ4v) is 2.99. The highest BCUT2D eigenvalue weighted by molar-refractivity contribution is 5.85. The van der Waals surface area contributed by atoms with Gasteiger partial charge >= 0.3 is 0 Å². The van der Waals surface area contributed by atoms with Gasteiger partial charge in [-0.3, -0.25) is 4.79 Å². The van der Waals surface area contributed by atoms with Crippen molar-refractivity contribution in [1.29, 1.82) is 0 Å². The molecule has 130 valence electrons. The highest BCUT2D eigenvalue weighted by Gasteiger charge is 2.43. The van der Waals surface area contributed by atoms with Crippen LogP contribution in [0.3, 0.4) is 0 Å². The van der Waals surface area contributed by atoms with Crippen LogP contribution in [0.15, 0.2) is 53.6 Å². The Morgan fingerprint density at radius 3 is 2.32 bits per heavy atom. The monoisotopic (exact) mass is 334 g/mol. The summed E-state index contributed by atoms with van der Waals surface area (Å²) < 4.78 is 0. The molecule has 2 atom stereocenters. The van der Waals surface area contributed by atoms with Gasteiger partial charge in [0, 0.05) is 5.92 Å². The molecule has 1 fully saturated rings. The van der Waals surface area contributed by atoms with E-state index in [9.17, 15) is 4.79 Å². The number of hydrogen-bond acceptors (Lipinski definition) is 2. The molecule has 3 rings (SSSR count). The Morgan fingerprint density at radius 1 is 1.08 bits per heavy atom. The lowest BCUT2D eigenvalue weighted by atomic mass is 9.86. The molecule has 3 heteroatoms. The standard InChI is InChI=1S/C22H26N2O/c1-15-5-7-16(8-6-15)14-23-24-21(25)20-13-19(20)17-9-11-18(12-10-17)22(2,3)4/h5-12,14,19-20H,13H2,1-4H3,(H,24,25)/t19-,20+/m1/s1. The lowest BCUT2D eigenvalue weighted by Gasteiger charge is -2.19. The van der Waals surface area contributed by atoms with Gasteiger partial charge in [-0.1, -0.05) is 74.9 Å². The minimum Gasteiger partial charge on any atom is -0.273 e. The molecule has 1 amide bonds. The Kier molecular flexibility index (Phi) is 4.76. The van der Waals surface area contributed by atoms with Crippen molar-refractivity contribution < 1.29 is 4.79 Å². The van der Waals surface area contributed by atoms with Gasteiger partial charge in [0.15, 0.2) is 0 Å². The second-order valence-electron chi connectivity index (χ2n) is 7.97. The zero-order valence-corrected chi connectivity index (χ0v) is 15.4. The molecule has 3 nitrogen and oxygen atoms in total. The van der Waals surface area contributed by atoms with Gasteiger partial charge in [-0.25, -0.2) is 5.43 Å². The van der Waals surface area contributed by atoms with Crippen LogP contribution < -0.4 is 5.43 Å². The highest BCUT2D eigenvalue weighted by Crippen LogP contribution is 2.47. The van der Waals surface area contributed by atoms with Gasteiger partial charge < -0.3 is 0 Å². The minimum atomic E-state index is 0.00765. The van der Waals surface area contributed by atoms with E-state index in [0.29, 0.717) is 5.92 Å². The smallest absolute Gasteiger partial charge is 0.243 e. The average Bonchev–Trinajstić information content (AvgIpc) is 3.37. The normalized spacial score (nSPS) is 19.8. The Morgan fingerprint density at radius 2 is 1.72 bits per heavy atom. The first kappa shape index (κ1) is 17.4. The second kappa shape index (κ2) is 6.83. The first-order valence-corrected chi connectivity index (χ1v) is 8.84. The molecular weight excluding hydrogens is 308 g/mol. The van der Waals surface area contributed by atoms with E-state index in [1.54, 1.807) is 6.21 Å². The molecule has 1 N–H and O–H groups in total. The average molecular weight is 334 g/mol. The molecule has 0 aromatic heterocycles. The lowest BCUT2D eigenvalue weighted by molar-refractivity contribution is -0.122. The minimum absolute atomic E-state index is 0.00765. The van der Waals surface area contributed by atoms with Gasteiger partial charge in [-0.05, 0) is 41.4 Å². The molecular formula is C22H26N2O. The number of carbonyl (C=O) groups excluding carboxylic acids is 1. The number of amides is 1. The van der Waals surface area contributed by atoms with Gasteiger partial charge in [0.25, 0.3) is 0 Å². The molecule has 0 radical (unpaired) electrons. The van der Waals surface area contributed by atoms with Crippen LogP contribution in [0.5, 0.6) is 0 Å². The Balaban J connectivity index is 1.54. The molecule has 1 saturated carbocycles. The lowest BCUT2D eigenvalue weighted by Crippen LogP contribution is -2.20. The van der Waals surface area contributed by atoms with Crippen molar-refractivity contribution >= 4 is 12.1 Å². The number of benzene rings is 2. The van der Waals surface area contributed by atoms with Crippen molar-refractivity contribution in [3.05, 3.63) is 70.8 Å². The molecule has 25 heavy (non-hydrogen) atoms. The van der Waals surface area contributed by atoms with Crippen molar-refractivity contribution in [2.45, 2.75) is 45.4 Å².